The van der Waals surface area contributed by atoms with Crippen LogP contribution >= 0.6 is 0 Å². The fourth-order valence-electron chi connectivity index (χ4n) is 5.69. The van der Waals surface area contributed by atoms with E-state index in [9.17, 15) is 15.0 Å². The van der Waals surface area contributed by atoms with Crippen LogP contribution in [0, 0.1) is 28.6 Å². The average Bonchev–Trinajstić information content (AvgIpc) is 2.59. The molecule has 0 radical (unpaired) electrons. The zero-order valence-electron chi connectivity index (χ0n) is 11.7. The smallest absolute Gasteiger partial charge is 0.165 e. The molecule has 3 fully saturated rings. The molecule has 0 aromatic heterocycles. The van der Waals surface area contributed by atoms with E-state index in [0.717, 1.165) is 19.3 Å². The molecule has 0 aliphatic heterocycles. The minimum atomic E-state index is -0.793. The molecule has 0 heterocycles. The van der Waals surface area contributed by atoms with Crippen LogP contribution in [0.2, 0.25) is 0 Å². The third-order valence-electron chi connectivity index (χ3n) is 6.60. The van der Waals surface area contributed by atoms with Crippen LogP contribution in [-0.2, 0) is 4.79 Å². The minimum Gasteiger partial charge on any atom is -0.390 e. The molecule has 3 heteroatoms. The van der Waals surface area contributed by atoms with Gasteiger partial charge in [-0.1, -0.05) is 20.8 Å². The summed E-state index contributed by atoms with van der Waals surface area (Å²) in [4.78, 5) is 12.4. The van der Waals surface area contributed by atoms with Crippen LogP contribution in [0.1, 0.15) is 47.0 Å². The number of hydrogen-bond donors (Lipinski definition) is 2. The van der Waals surface area contributed by atoms with E-state index in [-0.39, 0.29) is 34.4 Å². The van der Waals surface area contributed by atoms with E-state index in [1.807, 2.05) is 13.8 Å². The van der Waals surface area contributed by atoms with Crippen molar-refractivity contribution in [3.63, 3.8) is 0 Å². The van der Waals surface area contributed by atoms with E-state index in [1.54, 1.807) is 0 Å². The number of aliphatic hydroxyl groups excluding tert-OH is 1. The molecule has 2 N–H and O–H groups in total. The van der Waals surface area contributed by atoms with Crippen LogP contribution in [0.4, 0.5) is 0 Å². The molecule has 3 rings (SSSR count). The van der Waals surface area contributed by atoms with E-state index in [2.05, 4.69) is 13.8 Å². The Bertz CT molecular complexity index is 412. The molecule has 3 aliphatic rings. The van der Waals surface area contributed by atoms with Crippen LogP contribution < -0.4 is 0 Å². The highest BCUT2D eigenvalue weighted by molar-refractivity contribution is 5.90. The molecular weight excluding hydrogens is 228 g/mol. The largest absolute Gasteiger partial charge is 0.390 e. The highest BCUT2D eigenvalue weighted by Gasteiger charge is 2.72. The number of carbonyl (C=O) groups is 1. The van der Waals surface area contributed by atoms with Crippen LogP contribution in [0.3, 0.4) is 0 Å². The van der Waals surface area contributed by atoms with Gasteiger partial charge in [0, 0.05) is 5.92 Å². The van der Waals surface area contributed by atoms with Crippen molar-refractivity contribution in [2.75, 3.05) is 0 Å². The Balaban J connectivity index is 2.14. The van der Waals surface area contributed by atoms with Crippen LogP contribution in [0.25, 0.3) is 0 Å². The van der Waals surface area contributed by atoms with Crippen molar-refractivity contribution in [3.8, 4) is 0 Å². The van der Waals surface area contributed by atoms with Gasteiger partial charge >= 0.3 is 0 Å². The van der Waals surface area contributed by atoms with E-state index >= 15 is 0 Å². The summed E-state index contributed by atoms with van der Waals surface area (Å²) in [7, 11) is 0. The van der Waals surface area contributed by atoms with Gasteiger partial charge in [-0.05, 0) is 48.9 Å². The van der Waals surface area contributed by atoms with E-state index in [0.29, 0.717) is 0 Å². The fourth-order valence-corrected chi connectivity index (χ4v) is 5.69. The van der Waals surface area contributed by atoms with Crippen molar-refractivity contribution in [1.82, 2.24) is 0 Å². The van der Waals surface area contributed by atoms with Crippen molar-refractivity contribution >= 4 is 5.78 Å². The van der Waals surface area contributed by atoms with Crippen LogP contribution in [-0.4, -0.2) is 27.7 Å². The SMILES string of the molecule is C[C@@H]1[C@H](O)C(=O)[C@H]2C(C)(C)[C@H]3C[C@@]12CC[C@@]3(C)O. The molecule has 0 unspecified atom stereocenters. The minimum absolute atomic E-state index is 0.0210. The third kappa shape index (κ3) is 1.16. The highest BCUT2D eigenvalue weighted by atomic mass is 16.3. The van der Waals surface area contributed by atoms with Gasteiger partial charge in [0.15, 0.2) is 5.78 Å². The summed E-state index contributed by atoms with van der Waals surface area (Å²) in [5.74, 6) is 0.152. The lowest BCUT2D eigenvalue weighted by atomic mass is 9.64. The second kappa shape index (κ2) is 3.18. The number of carbonyl (C=O) groups excluding carboxylic acids is 1. The first-order chi connectivity index (χ1) is 8.14. The van der Waals surface area contributed by atoms with Crippen LogP contribution in [0.15, 0.2) is 0 Å². The highest BCUT2D eigenvalue weighted by Crippen LogP contribution is 2.72. The number of hydrogen-bond acceptors (Lipinski definition) is 3. The Hall–Kier alpha value is -0.410. The van der Waals surface area contributed by atoms with Crippen LogP contribution in [0.5, 0.6) is 0 Å². The van der Waals surface area contributed by atoms with Crippen molar-refractivity contribution in [3.05, 3.63) is 0 Å². The maximum absolute atomic E-state index is 12.4. The number of ketones is 1. The van der Waals surface area contributed by atoms with Crippen molar-refractivity contribution in [1.29, 1.82) is 0 Å². The van der Waals surface area contributed by atoms with Gasteiger partial charge in [-0.2, -0.15) is 0 Å². The molecule has 6 atom stereocenters. The Morgan fingerprint density at radius 1 is 1.22 bits per heavy atom. The first-order valence-electron chi connectivity index (χ1n) is 7.09. The van der Waals surface area contributed by atoms with Gasteiger partial charge in [-0.3, -0.25) is 4.79 Å². The third-order valence-corrected chi connectivity index (χ3v) is 6.60. The summed E-state index contributed by atoms with van der Waals surface area (Å²) in [6.07, 6.45) is 1.72. The second-order valence-corrected chi connectivity index (χ2v) is 7.74. The van der Waals surface area contributed by atoms with Gasteiger partial charge in [-0.15, -0.1) is 0 Å². The van der Waals surface area contributed by atoms with Gasteiger partial charge in [0.2, 0.25) is 0 Å². The molecule has 18 heavy (non-hydrogen) atoms. The molecule has 0 aromatic carbocycles. The van der Waals surface area contributed by atoms with Crippen molar-refractivity contribution in [2.45, 2.75) is 58.7 Å². The molecule has 0 saturated heterocycles. The summed E-state index contributed by atoms with van der Waals surface area (Å²) in [5.41, 5.74) is -0.931. The predicted molar refractivity (Wildman–Crippen MR) is 67.8 cm³/mol. The number of Topliss-reactive ketones (excluding diaryl/α,β-unsaturated/α-hetero) is 1. The van der Waals surface area contributed by atoms with Gasteiger partial charge in [-0.25, -0.2) is 0 Å². The van der Waals surface area contributed by atoms with E-state index < -0.39 is 11.7 Å². The summed E-state index contributed by atoms with van der Waals surface area (Å²) in [6.45, 7) is 8.14. The zero-order valence-corrected chi connectivity index (χ0v) is 11.7. The molecule has 2 bridgehead atoms. The molecule has 3 aliphatic carbocycles. The molecule has 3 nitrogen and oxygen atoms in total. The lowest BCUT2D eigenvalue weighted by Crippen LogP contribution is -2.45. The molecule has 102 valence electrons. The average molecular weight is 252 g/mol. The summed E-state index contributed by atoms with van der Waals surface area (Å²) >= 11 is 0. The van der Waals surface area contributed by atoms with E-state index in [4.69, 9.17) is 0 Å². The maximum Gasteiger partial charge on any atom is 0.165 e. The number of aliphatic hydroxyl groups is 2. The van der Waals surface area contributed by atoms with Crippen molar-refractivity contribution < 1.29 is 15.0 Å². The molecule has 0 aromatic rings. The molecule has 1 spiro atoms. The summed E-state index contributed by atoms with van der Waals surface area (Å²) in [5, 5.41) is 20.7. The quantitative estimate of drug-likeness (QED) is 0.690. The Kier molecular flexibility index (Phi) is 2.23. The molecular formula is C15H24O3. The fraction of sp³-hybridized carbons (Fsp3) is 0.933. The Morgan fingerprint density at radius 3 is 2.44 bits per heavy atom. The van der Waals surface area contributed by atoms with Gasteiger partial charge in [0.25, 0.3) is 0 Å². The monoisotopic (exact) mass is 252 g/mol. The number of rotatable bonds is 0. The lowest BCUT2D eigenvalue weighted by Gasteiger charge is -2.44. The molecule has 3 saturated carbocycles. The Morgan fingerprint density at radius 2 is 1.83 bits per heavy atom. The summed E-state index contributed by atoms with van der Waals surface area (Å²) in [6, 6.07) is 0. The Labute approximate surface area is 109 Å². The lowest BCUT2D eigenvalue weighted by molar-refractivity contribution is -0.133. The van der Waals surface area contributed by atoms with E-state index in [1.165, 1.54) is 0 Å². The number of fused-ring (bicyclic) bond motifs is 1. The first kappa shape index (κ1) is 12.6. The van der Waals surface area contributed by atoms with Crippen molar-refractivity contribution in [2.24, 2.45) is 28.6 Å². The van der Waals surface area contributed by atoms with Gasteiger partial charge in [0.05, 0.1) is 5.60 Å². The van der Waals surface area contributed by atoms with Gasteiger partial charge in [0.1, 0.15) is 6.10 Å². The van der Waals surface area contributed by atoms with Gasteiger partial charge < -0.3 is 10.2 Å². The standard InChI is InChI=1S/C15H24O3/c1-8-10(16)11(17)12-13(2,3)9-7-15(8,12)6-5-14(9,4)18/h8-10,12,16,18H,5-7H2,1-4H3/t8-,9-,10+,12+,14-,15+/m1/s1. The summed E-state index contributed by atoms with van der Waals surface area (Å²) < 4.78 is 0. The zero-order chi connectivity index (χ0) is 13.5. The maximum atomic E-state index is 12.4. The topological polar surface area (TPSA) is 57.5 Å². The first-order valence-corrected chi connectivity index (χ1v) is 7.09. The second-order valence-electron chi connectivity index (χ2n) is 7.74. The predicted octanol–water partition coefficient (Wildman–Crippen LogP) is 1.76. The normalized spacial score (nSPS) is 57.8. The molecule has 0 amide bonds.